The lowest BCUT2D eigenvalue weighted by atomic mass is 9.97. The van der Waals surface area contributed by atoms with Crippen molar-refractivity contribution in [1.82, 2.24) is 0 Å². The molecule has 2 aromatic carbocycles. The number of halogens is 6. The number of esters is 1. The van der Waals surface area contributed by atoms with Crippen LogP contribution in [-0.2, 0) is 20.3 Å². The van der Waals surface area contributed by atoms with Gasteiger partial charge in [0.1, 0.15) is 6.42 Å². The van der Waals surface area contributed by atoms with E-state index in [1.807, 2.05) is 0 Å². The zero-order valence-corrected chi connectivity index (χ0v) is 15.5. The number of rotatable bonds is 6. The summed E-state index contributed by atoms with van der Waals surface area (Å²) in [6, 6.07) is 11.6. The minimum Gasteiger partial charge on any atom is -0.481 e. The van der Waals surface area contributed by atoms with Crippen LogP contribution < -0.4 is 0 Å². The number of carboxylic acids is 1. The molecule has 162 valence electrons. The van der Waals surface area contributed by atoms with E-state index in [1.165, 1.54) is 30.3 Å². The van der Waals surface area contributed by atoms with Gasteiger partial charge in [-0.3, -0.25) is 4.79 Å². The van der Waals surface area contributed by atoms with Gasteiger partial charge in [-0.05, 0) is 24.3 Å². The Hall–Kier alpha value is -2.89. The fourth-order valence-corrected chi connectivity index (χ4v) is 3.62. The number of carbonyl (C=O) groups excluding carboxylic acids is 1. The van der Waals surface area contributed by atoms with Crippen LogP contribution in [0.5, 0.6) is 0 Å². The summed E-state index contributed by atoms with van der Waals surface area (Å²) in [6.07, 6.45) is -15.2. The summed E-state index contributed by atoms with van der Waals surface area (Å²) < 4.78 is 96.3. The monoisotopic (exact) mass is 454 g/mol. The Morgan fingerprint density at radius 2 is 1.37 bits per heavy atom. The van der Waals surface area contributed by atoms with Crippen molar-refractivity contribution < 1.29 is 50.0 Å². The lowest BCUT2D eigenvalue weighted by Crippen LogP contribution is -2.60. The number of alkyl halides is 6. The number of benzene rings is 2. The summed E-state index contributed by atoms with van der Waals surface area (Å²) >= 11 is 0. The lowest BCUT2D eigenvalue weighted by molar-refractivity contribution is -0.365. The van der Waals surface area contributed by atoms with Gasteiger partial charge in [-0.15, -0.1) is 0 Å². The third-order valence-electron chi connectivity index (χ3n) is 3.85. The normalized spacial score (nSPS) is 13.5. The van der Waals surface area contributed by atoms with Gasteiger partial charge in [-0.25, -0.2) is 9.00 Å². The van der Waals surface area contributed by atoms with E-state index in [2.05, 4.69) is 4.74 Å². The van der Waals surface area contributed by atoms with Crippen LogP contribution in [0.15, 0.2) is 64.4 Å². The minimum absolute atomic E-state index is 0.126. The number of aliphatic carboxylic acids is 1. The first-order valence-corrected chi connectivity index (χ1v) is 9.09. The van der Waals surface area contributed by atoms with Crippen molar-refractivity contribution >= 4 is 22.7 Å². The van der Waals surface area contributed by atoms with Gasteiger partial charge in [-0.1, -0.05) is 30.3 Å². The Kier molecular flexibility index (Phi) is 6.60. The third kappa shape index (κ3) is 4.64. The second-order valence-electron chi connectivity index (χ2n) is 5.86. The van der Waals surface area contributed by atoms with Gasteiger partial charge in [0.25, 0.3) is 0 Å². The molecule has 0 fully saturated rings. The van der Waals surface area contributed by atoms with Crippen molar-refractivity contribution in [3.8, 4) is 0 Å². The van der Waals surface area contributed by atoms with E-state index >= 15 is 0 Å². The third-order valence-corrected chi connectivity index (χ3v) is 5.30. The molecule has 0 aromatic heterocycles. The van der Waals surface area contributed by atoms with Crippen molar-refractivity contribution in [2.24, 2.45) is 0 Å². The maximum atomic E-state index is 13.3. The molecule has 0 bridgehead atoms. The highest BCUT2D eigenvalue weighted by Crippen LogP contribution is 2.48. The van der Waals surface area contributed by atoms with Crippen LogP contribution in [0.1, 0.15) is 16.8 Å². The van der Waals surface area contributed by atoms with Gasteiger partial charge < -0.3 is 9.84 Å². The Labute approximate surface area is 167 Å². The molecule has 1 atom stereocenters. The van der Waals surface area contributed by atoms with Gasteiger partial charge in [-0.2, -0.15) is 26.3 Å². The van der Waals surface area contributed by atoms with Crippen molar-refractivity contribution in [1.29, 1.82) is 0 Å². The predicted octanol–water partition coefficient (Wildman–Crippen LogP) is 4.35. The average Bonchev–Trinajstić information content (AvgIpc) is 2.65. The molecule has 0 saturated carbocycles. The molecule has 12 heteroatoms. The fourth-order valence-electron chi connectivity index (χ4n) is 2.41. The smallest absolute Gasteiger partial charge is 0.438 e. The SMILES string of the molecule is O=C(O)CC(OC(=O)c1ccccc1S(=O)c1ccccc1)(C(F)(F)F)C(F)(F)F. The molecule has 0 aliphatic heterocycles. The highest BCUT2D eigenvalue weighted by Gasteiger charge is 2.75. The zero-order valence-electron chi connectivity index (χ0n) is 14.7. The zero-order chi connectivity index (χ0) is 22.7. The van der Waals surface area contributed by atoms with Crippen LogP contribution in [0.3, 0.4) is 0 Å². The summed E-state index contributed by atoms with van der Waals surface area (Å²) in [4.78, 5) is 22.8. The molecule has 2 aromatic rings. The Bertz CT molecular complexity index is 942. The molecule has 5 nitrogen and oxygen atoms in total. The van der Waals surface area contributed by atoms with E-state index in [-0.39, 0.29) is 4.90 Å². The minimum atomic E-state index is -6.28. The topological polar surface area (TPSA) is 80.7 Å². The number of hydrogen-bond acceptors (Lipinski definition) is 4. The van der Waals surface area contributed by atoms with Crippen LogP contribution in [0.4, 0.5) is 26.3 Å². The fraction of sp³-hybridized carbons (Fsp3) is 0.222. The first kappa shape index (κ1) is 23.4. The number of ether oxygens (including phenoxy) is 1. The highest BCUT2D eigenvalue weighted by molar-refractivity contribution is 7.85. The van der Waals surface area contributed by atoms with Gasteiger partial charge in [0, 0.05) is 4.90 Å². The van der Waals surface area contributed by atoms with E-state index in [0.717, 1.165) is 18.2 Å². The van der Waals surface area contributed by atoms with E-state index < -0.39 is 57.6 Å². The first-order valence-electron chi connectivity index (χ1n) is 7.94. The van der Waals surface area contributed by atoms with Gasteiger partial charge in [0.2, 0.25) is 0 Å². The molecule has 0 aliphatic carbocycles. The van der Waals surface area contributed by atoms with Crippen LogP contribution in [0.25, 0.3) is 0 Å². The molecule has 0 aliphatic rings. The Morgan fingerprint density at radius 1 is 0.867 bits per heavy atom. The second-order valence-corrected chi connectivity index (χ2v) is 7.31. The van der Waals surface area contributed by atoms with E-state index in [9.17, 15) is 40.1 Å². The molecule has 0 saturated heterocycles. The quantitative estimate of drug-likeness (QED) is 0.519. The number of hydrogen-bond donors (Lipinski definition) is 1. The Balaban J connectivity index is 2.54. The second kappa shape index (κ2) is 8.46. The lowest BCUT2D eigenvalue weighted by Gasteiger charge is -2.35. The Morgan fingerprint density at radius 3 is 1.87 bits per heavy atom. The van der Waals surface area contributed by atoms with Gasteiger partial charge in [0.15, 0.2) is 0 Å². The molecular weight excluding hydrogens is 442 g/mol. The molecule has 30 heavy (non-hydrogen) atoms. The molecular formula is C18H12F6O5S. The molecule has 1 N–H and O–H groups in total. The largest absolute Gasteiger partial charge is 0.481 e. The van der Waals surface area contributed by atoms with Crippen molar-refractivity contribution in [3.05, 3.63) is 60.2 Å². The molecule has 0 amide bonds. The van der Waals surface area contributed by atoms with Crippen LogP contribution in [0.2, 0.25) is 0 Å². The average molecular weight is 454 g/mol. The number of carboxylic acid groups (broad SMARTS) is 1. The maximum absolute atomic E-state index is 13.3. The van der Waals surface area contributed by atoms with Gasteiger partial charge >= 0.3 is 29.9 Å². The predicted molar refractivity (Wildman–Crippen MR) is 90.1 cm³/mol. The van der Waals surface area contributed by atoms with E-state index in [0.29, 0.717) is 0 Å². The van der Waals surface area contributed by atoms with E-state index in [1.54, 1.807) is 6.07 Å². The molecule has 0 radical (unpaired) electrons. The summed E-state index contributed by atoms with van der Waals surface area (Å²) in [5.41, 5.74) is -6.12. The van der Waals surface area contributed by atoms with Crippen molar-refractivity contribution in [2.75, 3.05) is 0 Å². The van der Waals surface area contributed by atoms with Crippen LogP contribution in [0, 0.1) is 0 Å². The number of carbonyl (C=O) groups is 2. The first-order chi connectivity index (χ1) is 13.8. The maximum Gasteiger partial charge on any atom is 0.438 e. The molecule has 1 unspecified atom stereocenters. The highest BCUT2D eigenvalue weighted by atomic mass is 32.2. The standard InChI is InChI=1S/C18H12F6O5S/c19-17(20,21)16(10-14(25)26,18(22,23)24)29-15(27)12-8-4-5-9-13(12)30(28)11-6-2-1-3-7-11/h1-9H,10H2,(H,25,26). The van der Waals surface area contributed by atoms with E-state index in [4.69, 9.17) is 5.11 Å². The van der Waals surface area contributed by atoms with Crippen molar-refractivity contribution in [2.45, 2.75) is 34.2 Å². The summed E-state index contributed by atoms with van der Waals surface area (Å²) in [5.74, 6) is -4.61. The summed E-state index contributed by atoms with van der Waals surface area (Å²) in [7, 11) is -2.14. The van der Waals surface area contributed by atoms with Gasteiger partial charge in [0.05, 0.1) is 21.3 Å². The van der Waals surface area contributed by atoms with Crippen LogP contribution >= 0.6 is 0 Å². The van der Waals surface area contributed by atoms with Crippen molar-refractivity contribution in [3.63, 3.8) is 0 Å². The summed E-state index contributed by atoms with van der Waals surface area (Å²) in [5, 5.41) is 8.61. The van der Waals surface area contributed by atoms with Crippen LogP contribution in [-0.4, -0.2) is 39.2 Å². The molecule has 0 heterocycles. The summed E-state index contributed by atoms with van der Waals surface area (Å²) in [6.45, 7) is 0. The molecule has 0 spiro atoms. The molecule has 2 rings (SSSR count).